The number of benzene rings is 1. The Kier molecular flexibility index (Phi) is 4.56. The number of rotatable bonds is 4. The molecule has 3 N–H and O–H groups in total. The number of amides is 1. The minimum Gasteiger partial charge on any atom is -0.394 e. The second kappa shape index (κ2) is 7.03. The fourth-order valence-corrected chi connectivity index (χ4v) is 3.12. The van der Waals surface area contributed by atoms with Crippen molar-refractivity contribution in [3.63, 3.8) is 0 Å². The molecule has 0 aliphatic carbocycles. The Morgan fingerprint density at radius 3 is 2.74 bits per heavy atom. The van der Waals surface area contributed by atoms with E-state index in [1.54, 1.807) is 36.5 Å². The molecule has 0 unspecified atom stereocenters. The van der Waals surface area contributed by atoms with E-state index in [1.165, 1.54) is 10.9 Å². The van der Waals surface area contributed by atoms with Crippen molar-refractivity contribution in [2.45, 2.75) is 24.6 Å². The molecule has 8 nitrogen and oxygen atoms in total. The number of fused-ring (bicyclic) bond motifs is 1. The molecule has 140 valence electrons. The van der Waals surface area contributed by atoms with E-state index in [0.29, 0.717) is 16.6 Å². The van der Waals surface area contributed by atoms with Gasteiger partial charge >= 0.3 is 0 Å². The normalized spacial score (nSPS) is 25.0. The molecule has 3 heterocycles. The molecule has 27 heavy (non-hydrogen) atoms. The van der Waals surface area contributed by atoms with Crippen LogP contribution in [0.25, 0.3) is 11.0 Å². The van der Waals surface area contributed by atoms with E-state index in [4.69, 9.17) is 4.74 Å². The minimum atomic E-state index is -1.73. The number of hydrogen-bond acceptors (Lipinski definition) is 6. The molecule has 0 saturated carbocycles. The zero-order valence-corrected chi connectivity index (χ0v) is 14.1. The van der Waals surface area contributed by atoms with Crippen LogP contribution >= 0.6 is 0 Å². The number of nitrogens with one attached hydrogen (secondary N) is 1. The number of aliphatic hydroxyl groups is 2. The highest BCUT2D eigenvalue weighted by atomic mass is 19.1. The van der Waals surface area contributed by atoms with Gasteiger partial charge in [-0.1, -0.05) is 18.2 Å². The van der Waals surface area contributed by atoms with E-state index in [0.717, 1.165) is 0 Å². The van der Waals surface area contributed by atoms with Gasteiger partial charge in [-0.3, -0.25) is 4.79 Å². The molecule has 4 atom stereocenters. The smallest absolute Gasteiger partial charge is 0.256 e. The Morgan fingerprint density at radius 2 is 2.04 bits per heavy atom. The third-order valence-electron chi connectivity index (χ3n) is 4.53. The van der Waals surface area contributed by atoms with Crippen LogP contribution in [0.5, 0.6) is 0 Å². The predicted molar refractivity (Wildman–Crippen MR) is 93.8 cm³/mol. The van der Waals surface area contributed by atoms with Gasteiger partial charge in [0, 0.05) is 11.8 Å². The van der Waals surface area contributed by atoms with E-state index in [2.05, 4.69) is 15.3 Å². The van der Waals surface area contributed by atoms with Crippen LogP contribution in [-0.4, -0.2) is 55.6 Å². The van der Waals surface area contributed by atoms with Crippen LogP contribution in [0, 0.1) is 0 Å². The predicted octanol–water partition coefficient (Wildman–Crippen LogP) is 1.27. The van der Waals surface area contributed by atoms with Crippen molar-refractivity contribution in [3.8, 4) is 0 Å². The average Bonchev–Trinajstić information content (AvgIpc) is 3.25. The van der Waals surface area contributed by atoms with Crippen molar-refractivity contribution in [2.75, 3.05) is 11.9 Å². The third-order valence-corrected chi connectivity index (χ3v) is 4.53. The second-order valence-electron chi connectivity index (χ2n) is 6.19. The number of anilines is 1. The zero-order chi connectivity index (χ0) is 19.0. The summed E-state index contributed by atoms with van der Waals surface area (Å²) >= 11 is 0. The van der Waals surface area contributed by atoms with Gasteiger partial charge in [-0.15, -0.1) is 0 Å². The molecule has 4 rings (SSSR count). The molecule has 0 radical (unpaired) electrons. The fraction of sp³-hybridized carbons (Fsp3) is 0.278. The number of aromatic nitrogens is 3. The van der Waals surface area contributed by atoms with Gasteiger partial charge in [0.25, 0.3) is 5.91 Å². The summed E-state index contributed by atoms with van der Waals surface area (Å²) < 4.78 is 21.3. The summed E-state index contributed by atoms with van der Waals surface area (Å²) in [6.45, 7) is -0.495. The van der Waals surface area contributed by atoms with Crippen LogP contribution in [0.2, 0.25) is 0 Å². The van der Waals surface area contributed by atoms with E-state index in [1.807, 2.05) is 6.07 Å². The molecule has 0 spiro atoms. The maximum absolute atomic E-state index is 14.4. The Labute approximate surface area is 153 Å². The largest absolute Gasteiger partial charge is 0.394 e. The van der Waals surface area contributed by atoms with Gasteiger partial charge < -0.3 is 24.8 Å². The minimum absolute atomic E-state index is 0.278. The van der Waals surface area contributed by atoms with Gasteiger partial charge in [0.15, 0.2) is 12.4 Å². The van der Waals surface area contributed by atoms with Crippen LogP contribution < -0.4 is 5.32 Å². The highest BCUT2D eigenvalue weighted by Gasteiger charge is 2.45. The van der Waals surface area contributed by atoms with Crippen LogP contribution in [0.4, 0.5) is 10.2 Å². The lowest BCUT2D eigenvalue weighted by Crippen LogP contribution is -2.30. The van der Waals surface area contributed by atoms with Crippen LogP contribution in [0.1, 0.15) is 16.6 Å². The molecule has 2 aromatic heterocycles. The maximum Gasteiger partial charge on any atom is 0.256 e. The van der Waals surface area contributed by atoms with Gasteiger partial charge in [-0.25, -0.2) is 14.4 Å². The summed E-state index contributed by atoms with van der Waals surface area (Å²) in [6, 6.07) is 10.3. The monoisotopic (exact) mass is 372 g/mol. The molecule has 1 fully saturated rings. The van der Waals surface area contributed by atoms with Gasteiger partial charge in [0.2, 0.25) is 0 Å². The van der Waals surface area contributed by atoms with E-state index < -0.39 is 31.2 Å². The number of aliphatic hydroxyl groups excluding tert-OH is 2. The van der Waals surface area contributed by atoms with Gasteiger partial charge in [0.05, 0.1) is 12.0 Å². The van der Waals surface area contributed by atoms with Crippen molar-refractivity contribution in [1.29, 1.82) is 0 Å². The Hall–Kier alpha value is -2.88. The van der Waals surface area contributed by atoms with Crippen LogP contribution in [0.3, 0.4) is 0 Å². The summed E-state index contributed by atoms with van der Waals surface area (Å²) in [5, 5.41) is 22.3. The number of carbonyl (C=O) groups excluding carboxylic acids is 1. The van der Waals surface area contributed by atoms with Gasteiger partial charge in [-0.2, -0.15) is 0 Å². The number of alkyl halides is 1. The first kappa shape index (κ1) is 17.5. The molecule has 1 aromatic carbocycles. The van der Waals surface area contributed by atoms with Gasteiger partial charge in [0.1, 0.15) is 30.0 Å². The zero-order valence-electron chi connectivity index (χ0n) is 14.1. The number of hydrogen-bond donors (Lipinski definition) is 3. The number of ether oxygens (including phenoxy) is 1. The molecule has 9 heteroatoms. The first-order valence-corrected chi connectivity index (χ1v) is 8.36. The van der Waals surface area contributed by atoms with Gasteiger partial charge in [-0.05, 0) is 18.2 Å². The summed E-state index contributed by atoms with van der Waals surface area (Å²) in [4.78, 5) is 20.6. The molecule has 1 aliphatic rings. The highest BCUT2D eigenvalue weighted by molar-refractivity contribution is 6.07. The Balaban J connectivity index is 1.65. The second-order valence-corrected chi connectivity index (χ2v) is 6.19. The molecule has 1 aliphatic heterocycles. The lowest BCUT2D eigenvalue weighted by Gasteiger charge is -2.16. The summed E-state index contributed by atoms with van der Waals surface area (Å²) in [5.74, 6) is -0.0557. The summed E-state index contributed by atoms with van der Waals surface area (Å²) in [7, 11) is 0. The van der Waals surface area contributed by atoms with Crippen molar-refractivity contribution in [1.82, 2.24) is 14.5 Å². The standard InChI is InChI=1S/C18H17FN4O4/c19-13-14(25)12(8-24)27-18(13)23-7-6-11-15(20-9-21-16(11)23)22-17(26)10-4-2-1-3-5-10/h1-7,9,12-14,18,24-25H,8H2,(H,20,21,22,26)/t12-,13-,14-,18-/m1/s1. The van der Waals surface area contributed by atoms with Crippen molar-refractivity contribution in [3.05, 3.63) is 54.5 Å². The highest BCUT2D eigenvalue weighted by Crippen LogP contribution is 2.34. The number of nitrogens with zero attached hydrogens (tertiary/aromatic N) is 3. The molecule has 1 amide bonds. The first-order valence-electron chi connectivity index (χ1n) is 8.36. The van der Waals surface area contributed by atoms with E-state index >= 15 is 0 Å². The Bertz CT molecular complexity index is 964. The number of halogens is 1. The van der Waals surface area contributed by atoms with Crippen molar-refractivity contribution >= 4 is 22.8 Å². The topological polar surface area (TPSA) is 110 Å². The quantitative estimate of drug-likeness (QED) is 0.636. The van der Waals surface area contributed by atoms with Crippen molar-refractivity contribution < 1.29 is 24.1 Å². The molecule has 0 bridgehead atoms. The molecule has 3 aromatic rings. The maximum atomic E-state index is 14.4. The average molecular weight is 372 g/mol. The number of carbonyl (C=O) groups is 1. The molecule has 1 saturated heterocycles. The van der Waals surface area contributed by atoms with Crippen LogP contribution in [0.15, 0.2) is 48.9 Å². The SMILES string of the molecule is O=C(Nc1ncnc2c1ccn2[C@@H]1O[C@H](CO)[C@@H](O)[C@H]1F)c1ccccc1. The lowest BCUT2D eigenvalue weighted by atomic mass is 10.1. The molecular formula is C18H17FN4O4. The van der Waals surface area contributed by atoms with E-state index in [-0.39, 0.29) is 11.7 Å². The van der Waals surface area contributed by atoms with Crippen LogP contribution in [-0.2, 0) is 4.74 Å². The third kappa shape index (κ3) is 3.05. The summed E-state index contributed by atoms with van der Waals surface area (Å²) in [6.07, 6.45) is -2.52. The van der Waals surface area contributed by atoms with Crippen molar-refractivity contribution in [2.24, 2.45) is 0 Å². The lowest BCUT2D eigenvalue weighted by molar-refractivity contribution is -0.0457. The summed E-state index contributed by atoms with van der Waals surface area (Å²) in [5.41, 5.74) is 0.812. The Morgan fingerprint density at radius 1 is 1.26 bits per heavy atom. The molecular weight excluding hydrogens is 355 g/mol. The first-order chi connectivity index (χ1) is 13.1. The fourth-order valence-electron chi connectivity index (χ4n) is 3.12. The van der Waals surface area contributed by atoms with E-state index in [9.17, 15) is 19.4 Å².